The van der Waals surface area contributed by atoms with E-state index in [2.05, 4.69) is 68.9 Å². The maximum absolute atomic E-state index is 3.62. The predicted octanol–water partition coefficient (Wildman–Crippen LogP) is 4.39. The third-order valence-corrected chi connectivity index (χ3v) is 5.45. The van der Waals surface area contributed by atoms with Crippen molar-refractivity contribution < 1.29 is 0 Å². The Kier molecular flexibility index (Phi) is 5.11. The Morgan fingerprint density at radius 3 is 2.67 bits per heavy atom. The molecule has 112 valence electrons. The third kappa shape index (κ3) is 4.65. The van der Waals surface area contributed by atoms with Crippen molar-refractivity contribution in [1.29, 1.82) is 0 Å². The Labute approximate surface area is 139 Å². The highest BCUT2D eigenvalue weighted by molar-refractivity contribution is 9.10. The fourth-order valence-corrected chi connectivity index (χ4v) is 4.01. The molecular formula is C17H21BrN2S. The topological polar surface area (TPSA) is 15.3 Å². The first-order chi connectivity index (χ1) is 10.2. The number of halogens is 1. The van der Waals surface area contributed by atoms with Crippen molar-refractivity contribution in [2.24, 2.45) is 0 Å². The summed E-state index contributed by atoms with van der Waals surface area (Å²) >= 11 is 5.34. The molecule has 0 bridgehead atoms. The lowest BCUT2D eigenvalue weighted by Gasteiger charge is -2.18. The molecule has 0 atom stereocenters. The van der Waals surface area contributed by atoms with Gasteiger partial charge >= 0.3 is 0 Å². The first-order valence-electron chi connectivity index (χ1n) is 7.42. The number of hydrogen-bond donors (Lipinski definition) is 1. The van der Waals surface area contributed by atoms with Gasteiger partial charge in [-0.25, -0.2) is 0 Å². The van der Waals surface area contributed by atoms with E-state index in [4.69, 9.17) is 0 Å². The van der Waals surface area contributed by atoms with Gasteiger partial charge in [0.25, 0.3) is 0 Å². The summed E-state index contributed by atoms with van der Waals surface area (Å²) in [5.74, 6) is 0. The van der Waals surface area contributed by atoms with Gasteiger partial charge in [0.05, 0.1) is 0 Å². The standard InChI is InChI=1S/C17H21BrN2S/c1-20(11-17-8-15(18)12-21-17)10-14-5-3-2-4-13(14)9-19-16-6-7-16/h2-5,8,12,16,19H,6-7,9-11H2,1H3. The second-order valence-corrected chi connectivity index (χ2v) is 7.74. The molecule has 21 heavy (non-hydrogen) atoms. The van der Waals surface area contributed by atoms with Crippen molar-refractivity contribution in [2.45, 2.75) is 38.5 Å². The molecule has 1 N–H and O–H groups in total. The van der Waals surface area contributed by atoms with Crippen molar-refractivity contribution in [1.82, 2.24) is 10.2 Å². The SMILES string of the molecule is CN(Cc1cc(Br)cs1)Cc1ccccc1CNC1CC1. The van der Waals surface area contributed by atoms with Crippen molar-refractivity contribution in [3.8, 4) is 0 Å². The molecule has 2 nitrogen and oxygen atoms in total. The van der Waals surface area contributed by atoms with Crippen LogP contribution in [0.25, 0.3) is 0 Å². The summed E-state index contributed by atoms with van der Waals surface area (Å²) in [5.41, 5.74) is 2.87. The van der Waals surface area contributed by atoms with Gasteiger partial charge in [-0.05, 0) is 53.0 Å². The summed E-state index contributed by atoms with van der Waals surface area (Å²) in [6, 6.07) is 11.8. The summed E-state index contributed by atoms with van der Waals surface area (Å²) in [6.07, 6.45) is 2.69. The lowest BCUT2D eigenvalue weighted by Crippen LogP contribution is -2.20. The molecule has 0 amide bonds. The second-order valence-electron chi connectivity index (χ2n) is 5.83. The van der Waals surface area contributed by atoms with Gasteiger partial charge in [-0.3, -0.25) is 4.90 Å². The number of benzene rings is 1. The summed E-state index contributed by atoms with van der Waals surface area (Å²) in [4.78, 5) is 3.78. The summed E-state index contributed by atoms with van der Waals surface area (Å²) in [7, 11) is 2.19. The van der Waals surface area contributed by atoms with E-state index in [1.54, 1.807) is 0 Å². The molecule has 3 rings (SSSR count). The lowest BCUT2D eigenvalue weighted by molar-refractivity contribution is 0.320. The normalized spacial score (nSPS) is 14.8. The molecule has 2 aromatic rings. The van der Waals surface area contributed by atoms with E-state index in [1.807, 2.05) is 11.3 Å². The van der Waals surface area contributed by atoms with Crippen LogP contribution < -0.4 is 5.32 Å². The summed E-state index contributed by atoms with van der Waals surface area (Å²) in [6.45, 7) is 3.00. The molecule has 1 fully saturated rings. The van der Waals surface area contributed by atoms with Gasteiger partial charge in [0.1, 0.15) is 0 Å². The minimum Gasteiger partial charge on any atom is -0.310 e. The van der Waals surface area contributed by atoms with Crippen LogP contribution in [0.2, 0.25) is 0 Å². The molecule has 1 saturated carbocycles. The van der Waals surface area contributed by atoms with E-state index in [1.165, 1.54) is 33.3 Å². The van der Waals surface area contributed by atoms with Crippen LogP contribution in [0.4, 0.5) is 0 Å². The molecule has 0 radical (unpaired) electrons. The van der Waals surface area contributed by atoms with Gasteiger partial charge in [-0.1, -0.05) is 24.3 Å². The minimum absolute atomic E-state index is 0.763. The van der Waals surface area contributed by atoms with Crippen LogP contribution in [0.1, 0.15) is 28.8 Å². The van der Waals surface area contributed by atoms with Gasteiger partial charge < -0.3 is 5.32 Å². The molecule has 1 aromatic carbocycles. The predicted molar refractivity (Wildman–Crippen MR) is 93.5 cm³/mol. The quantitative estimate of drug-likeness (QED) is 0.783. The first kappa shape index (κ1) is 15.2. The molecule has 0 unspecified atom stereocenters. The fraction of sp³-hybridized carbons (Fsp3) is 0.412. The van der Waals surface area contributed by atoms with E-state index in [0.717, 1.165) is 25.7 Å². The van der Waals surface area contributed by atoms with E-state index in [0.29, 0.717) is 0 Å². The van der Waals surface area contributed by atoms with Crippen LogP contribution in [-0.2, 0) is 19.6 Å². The zero-order valence-electron chi connectivity index (χ0n) is 12.3. The van der Waals surface area contributed by atoms with Crippen molar-refractivity contribution in [3.63, 3.8) is 0 Å². The third-order valence-electron chi connectivity index (χ3n) is 3.76. The van der Waals surface area contributed by atoms with E-state index in [-0.39, 0.29) is 0 Å². The van der Waals surface area contributed by atoms with Crippen LogP contribution in [-0.4, -0.2) is 18.0 Å². The van der Waals surface area contributed by atoms with Crippen molar-refractivity contribution >= 4 is 27.3 Å². The largest absolute Gasteiger partial charge is 0.310 e. The number of hydrogen-bond acceptors (Lipinski definition) is 3. The van der Waals surface area contributed by atoms with Crippen LogP contribution in [0.15, 0.2) is 40.2 Å². The van der Waals surface area contributed by atoms with Gasteiger partial charge in [-0.15, -0.1) is 11.3 Å². The molecule has 1 aliphatic carbocycles. The first-order valence-corrected chi connectivity index (χ1v) is 9.09. The van der Waals surface area contributed by atoms with Crippen LogP contribution in [0.5, 0.6) is 0 Å². The smallest absolute Gasteiger partial charge is 0.0328 e. The Bertz CT molecular complexity index is 592. The van der Waals surface area contributed by atoms with Gasteiger partial charge in [0, 0.05) is 40.4 Å². The zero-order chi connectivity index (χ0) is 14.7. The van der Waals surface area contributed by atoms with Crippen molar-refractivity contribution in [3.05, 3.63) is 56.2 Å². The van der Waals surface area contributed by atoms with Gasteiger partial charge in [-0.2, -0.15) is 0 Å². The molecule has 0 saturated heterocycles. The molecule has 1 aromatic heterocycles. The molecule has 1 heterocycles. The van der Waals surface area contributed by atoms with Crippen LogP contribution >= 0.6 is 27.3 Å². The van der Waals surface area contributed by atoms with E-state index < -0.39 is 0 Å². The van der Waals surface area contributed by atoms with Gasteiger partial charge in [0.15, 0.2) is 0 Å². The highest BCUT2D eigenvalue weighted by Crippen LogP contribution is 2.22. The Balaban J connectivity index is 1.60. The number of nitrogens with zero attached hydrogens (tertiary/aromatic N) is 1. The highest BCUT2D eigenvalue weighted by Gasteiger charge is 2.20. The average Bonchev–Trinajstić information content (AvgIpc) is 3.20. The lowest BCUT2D eigenvalue weighted by atomic mass is 10.1. The Morgan fingerprint density at radius 2 is 2.00 bits per heavy atom. The van der Waals surface area contributed by atoms with Gasteiger partial charge in [0.2, 0.25) is 0 Å². The number of thiophene rings is 1. The number of rotatable bonds is 7. The molecule has 4 heteroatoms. The summed E-state index contributed by atoms with van der Waals surface area (Å²) < 4.78 is 1.19. The zero-order valence-corrected chi connectivity index (χ0v) is 14.7. The summed E-state index contributed by atoms with van der Waals surface area (Å²) in [5, 5.41) is 5.77. The monoisotopic (exact) mass is 364 g/mol. The van der Waals surface area contributed by atoms with E-state index in [9.17, 15) is 0 Å². The van der Waals surface area contributed by atoms with Crippen LogP contribution in [0, 0.1) is 0 Å². The maximum Gasteiger partial charge on any atom is 0.0328 e. The maximum atomic E-state index is 3.62. The molecule has 1 aliphatic rings. The van der Waals surface area contributed by atoms with Crippen molar-refractivity contribution in [2.75, 3.05) is 7.05 Å². The van der Waals surface area contributed by atoms with Crippen LogP contribution in [0.3, 0.4) is 0 Å². The highest BCUT2D eigenvalue weighted by atomic mass is 79.9. The Morgan fingerprint density at radius 1 is 1.24 bits per heavy atom. The Hall–Kier alpha value is -0.680. The fourth-order valence-electron chi connectivity index (χ4n) is 2.48. The molecular weight excluding hydrogens is 344 g/mol. The average molecular weight is 365 g/mol. The number of nitrogens with one attached hydrogen (secondary N) is 1. The molecule has 0 spiro atoms. The minimum atomic E-state index is 0.763. The molecule has 0 aliphatic heterocycles. The second kappa shape index (κ2) is 7.05. The van der Waals surface area contributed by atoms with E-state index >= 15 is 0 Å².